The van der Waals surface area contributed by atoms with Gasteiger partial charge in [-0.1, -0.05) is 0 Å². The summed E-state index contributed by atoms with van der Waals surface area (Å²) in [7, 11) is 0. The average molecular weight is 240 g/mol. The molecule has 1 aromatic rings. The standard InChI is InChI=1S/C10H12N2O5/c1-6-2-3-7(4-9(6)12(15)16)17-5-8(11)10(13)14/h2-4,8H,5,11H2,1H3,(H,13,14). The zero-order valence-electron chi connectivity index (χ0n) is 9.12. The van der Waals surface area contributed by atoms with Crippen LogP contribution >= 0.6 is 0 Å². The number of nitro groups is 1. The highest BCUT2D eigenvalue weighted by Gasteiger charge is 2.15. The number of aliphatic carboxylic acids is 1. The van der Waals surface area contributed by atoms with Gasteiger partial charge in [0.2, 0.25) is 0 Å². The van der Waals surface area contributed by atoms with E-state index in [4.69, 9.17) is 15.6 Å². The third-order valence-corrected chi connectivity index (χ3v) is 2.12. The molecular formula is C10H12N2O5. The van der Waals surface area contributed by atoms with Crippen molar-refractivity contribution in [2.45, 2.75) is 13.0 Å². The van der Waals surface area contributed by atoms with Gasteiger partial charge in [0.1, 0.15) is 18.4 Å². The number of aryl methyl sites for hydroxylation is 1. The number of hydrogen-bond donors (Lipinski definition) is 2. The molecular weight excluding hydrogens is 228 g/mol. The summed E-state index contributed by atoms with van der Waals surface area (Å²) >= 11 is 0. The molecule has 3 N–H and O–H groups in total. The molecule has 0 aliphatic rings. The highest BCUT2D eigenvalue weighted by atomic mass is 16.6. The first-order valence-electron chi connectivity index (χ1n) is 4.78. The van der Waals surface area contributed by atoms with Crippen molar-refractivity contribution in [1.82, 2.24) is 0 Å². The fourth-order valence-electron chi connectivity index (χ4n) is 1.13. The first-order chi connectivity index (χ1) is 7.91. The van der Waals surface area contributed by atoms with Crippen LogP contribution in [0.5, 0.6) is 5.75 Å². The van der Waals surface area contributed by atoms with Crippen molar-refractivity contribution in [2.75, 3.05) is 6.61 Å². The lowest BCUT2D eigenvalue weighted by atomic mass is 10.2. The lowest BCUT2D eigenvalue weighted by Crippen LogP contribution is -2.36. The normalized spacial score (nSPS) is 11.9. The van der Waals surface area contributed by atoms with E-state index >= 15 is 0 Å². The second-order valence-corrected chi connectivity index (χ2v) is 3.46. The van der Waals surface area contributed by atoms with E-state index in [2.05, 4.69) is 0 Å². The molecule has 0 heterocycles. The minimum absolute atomic E-state index is 0.0774. The Bertz CT molecular complexity index is 446. The van der Waals surface area contributed by atoms with Crippen LogP contribution in [0.25, 0.3) is 0 Å². The van der Waals surface area contributed by atoms with E-state index in [9.17, 15) is 14.9 Å². The van der Waals surface area contributed by atoms with Crippen LogP contribution in [0.3, 0.4) is 0 Å². The minimum Gasteiger partial charge on any atom is -0.491 e. The molecule has 0 saturated heterocycles. The van der Waals surface area contributed by atoms with E-state index in [1.54, 1.807) is 6.92 Å². The molecule has 0 bridgehead atoms. The smallest absolute Gasteiger partial charge is 0.324 e. The summed E-state index contributed by atoms with van der Waals surface area (Å²) in [5.74, 6) is -0.967. The second-order valence-electron chi connectivity index (χ2n) is 3.46. The van der Waals surface area contributed by atoms with E-state index < -0.39 is 16.9 Å². The Morgan fingerprint density at radius 1 is 1.65 bits per heavy atom. The lowest BCUT2D eigenvalue weighted by Gasteiger charge is -2.09. The van der Waals surface area contributed by atoms with E-state index in [1.165, 1.54) is 18.2 Å². The van der Waals surface area contributed by atoms with Gasteiger partial charge in [-0.05, 0) is 19.1 Å². The zero-order valence-corrected chi connectivity index (χ0v) is 9.12. The van der Waals surface area contributed by atoms with Crippen LogP contribution in [0.4, 0.5) is 5.69 Å². The van der Waals surface area contributed by atoms with Crippen molar-refractivity contribution < 1.29 is 19.6 Å². The average Bonchev–Trinajstić information content (AvgIpc) is 2.26. The molecule has 0 aliphatic heterocycles. The molecule has 92 valence electrons. The fourth-order valence-corrected chi connectivity index (χ4v) is 1.13. The Hall–Kier alpha value is -2.15. The molecule has 17 heavy (non-hydrogen) atoms. The molecule has 0 aromatic heterocycles. The quantitative estimate of drug-likeness (QED) is 0.578. The van der Waals surface area contributed by atoms with Crippen molar-refractivity contribution in [3.05, 3.63) is 33.9 Å². The van der Waals surface area contributed by atoms with Gasteiger partial charge in [0, 0.05) is 5.56 Å². The number of hydrogen-bond acceptors (Lipinski definition) is 5. The largest absolute Gasteiger partial charge is 0.491 e. The van der Waals surface area contributed by atoms with E-state index in [0.29, 0.717) is 5.56 Å². The summed E-state index contributed by atoms with van der Waals surface area (Å²) in [6.45, 7) is 1.36. The number of benzene rings is 1. The molecule has 7 heteroatoms. The number of carboxylic acid groups (broad SMARTS) is 1. The van der Waals surface area contributed by atoms with Crippen LogP contribution < -0.4 is 10.5 Å². The van der Waals surface area contributed by atoms with Crippen LogP contribution in [0.15, 0.2) is 18.2 Å². The molecule has 0 amide bonds. The van der Waals surface area contributed by atoms with Gasteiger partial charge in [0.05, 0.1) is 11.0 Å². The number of rotatable bonds is 5. The Morgan fingerprint density at radius 3 is 2.82 bits per heavy atom. The summed E-state index contributed by atoms with van der Waals surface area (Å²) in [4.78, 5) is 20.6. The predicted octanol–water partition coefficient (Wildman–Crippen LogP) is 0.694. The summed E-state index contributed by atoms with van der Waals surface area (Å²) in [6, 6.07) is 3.14. The zero-order chi connectivity index (χ0) is 13.0. The minimum atomic E-state index is -1.19. The van der Waals surface area contributed by atoms with Gasteiger partial charge < -0.3 is 15.6 Å². The third kappa shape index (κ3) is 3.42. The lowest BCUT2D eigenvalue weighted by molar-refractivity contribution is -0.385. The monoisotopic (exact) mass is 240 g/mol. The van der Waals surface area contributed by atoms with E-state index in [1.807, 2.05) is 0 Å². The number of nitrogens with two attached hydrogens (primary N) is 1. The van der Waals surface area contributed by atoms with Crippen LogP contribution in [0.2, 0.25) is 0 Å². The maximum atomic E-state index is 10.7. The Balaban J connectivity index is 2.76. The first-order valence-corrected chi connectivity index (χ1v) is 4.78. The number of carboxylic acids is 1. The van der Waals surface area contributed by atoms with Crippen molar-refractivity contribution in [3.63, 3.8) is 0 Å². The fraction of sp³-hybridized carbons (Fsp3) is 0.300. The van der Waals surface area contributed by atoms with Crippen molar-refractivity contribution in [3.8, 4) is 5.75 Å². The van der Waals surface area contributed by atoms with E-state index in [0.717, 1.165) is 0 Å². The molecule has 0 spiro atoms. The van der Waals surface area contributed by atoms with Gasteiger partial charge in [0.25, 0.3) is 5.69 Å². The molecule has 7 nitrogen and oxygen atoms in total. The van der Waals surface area contributed by atoms with Crippen molar-refractivity contribution in [1.29, 1.82) is 0 Å². The van der Waals surface area contributed by atoms with Crippen LogP contribution in [-0.4, -0.2) is 28.6 Å². The number of nitrogens with zero attached hydrogens (tertiary/aromatic N) is 1. The van der Waals surface area contributed by atoms with E-state index in [-0.39, 0.29) is 18.0 Å². The first kappa shape index (κ1) is 12.9. The van der Waals surface area contributed by atoms with Gasteiger partial charge in [-0.25, -0.2) is 0 Å². The Labute approximate surface area is 97.0 Å². The molecule has 0 saturated carbocycles. The molecule has 1 aromatic carbocycles. The van der Waals surface area contributed by atoms with Crippen molar-refractivity contribution >= 4 is 11.7 Å². The Kier molecular flexibility index (Phi) is 4.00. The van der Waals surface area contributed by atoms with Crippen LogP contribution in [-0.2, 0) is 4.79 Å². The number of nitro benzene ring substituents is 1. The second kappa shape index (κ2) is 5.26. The Morgan fingerprint density at radius 2 is 2.29 bits per heavy atom. The number of carbonyl (C=O) groups is 1. The molecule has 0 fully saturated rings. The van der Waals surface area contributed by atoms with Crippen molar-refractivity contribution in [2.24, 2.45) is 5.73 Å². The van der Waals surface area contributed by atoms with Gasteiger partial charge in [0.15, 0.2) is 0 Å². The highest BCUT2D eigenvalue weighted by molar-refractivity contribution is 5.73. The highest BCUT2D eigenvalue weighted by Crippen LogP contribution is 2.23. The summed E-state index contributed by atoms with van der Waals surface area (Å²) in [5.41, 5.74) is 5.66. The molecule has 0 radical (unpaired) electrons. The summed E-state index contributed by atoms with van der Waals surface area (Å²) in [5, 5.41) is 19.2. The topological polar surface area (TPSA) is 116 Å². The van der Waals surface area contributed by atoms with Gasteiger partial charge in [-0.3, -0.25) is 14.9 Å². The predicted molar refractivity (Wildman–Crippen MR) is 58.9 cm³/mol. The third-order valence-electron chi connectivity index (χ3n) is 2.12. The van der Waals surface area contributed by atoms with Crippen LogP contribution in [0, 0.1) is 17.0 Å². The van der Waals surface area contributed by atoms with Crippen LogP contribution in [0.1, 0.15) is 5.56 Å². The SMILES string of the molecule is Cc1ccc(OCC(N)C(=O)O)cc1[N+](=O)[O-]. The molecule has 0 aliphatic carbocycles. The molecule has 1 unspecified atom stereocenters. The maximum Gasteiger partial charge on any atom is 0.324 e. The van der Waals surface area contributed by atoms with Gasteiger partial charge in [-0.15, -0.1) is 0 Å². The molecule has 1 rings (SSSR count). The summed E-state index contributed by atoms with van der Waals surface area (Å²) in [6.07, 6.45) is 0. The maximum absolute atomic E-state index is 10.7. The summed E-state index contributed by atoms with van der Waals surface area (Å²) < 4.78 is 5.06. The number of ether oxygens (including phenoxy) is 1. The van der Waals surface area contributed by atoms with Gasteiger partial charge >= 0.3 is 5.97 Å². The molecule has 1 atom stereocenters. The van der Waals surface area contributed by atoms with Gasteiger partial charge in [-0.2, -0.15) is 0 Å².